The van der Waals surface area contributed by atoms with Crippen molar-refractivity contribution in [2.75, 3.05) is 18.0 Å². The second kappa shape index (κ2) is 8.28. The molecule has 0 spiro atoms. The van der Waals surface area contributed by atoms with Crippen LogP contribution >= 0.6 is 12.2 Å². The van der Waals surface area contributed by atoms with Crippen molar-refractivity contribution in [2.24, 2.45) is 5.92 Å². The molecule has 0 radical (unpaired) electrons. The number of nitrogens with zero attached hydrogens (tertiary/aromatic N) is 1. The van der Waals surface area contributed by atoms with Crippen molar-refractivity contribution in [3.05, 3.63) is 23.9 Å². The van der Waals surface area contributed by atoms with E-state index in [0.29, 0.717) is 36.9 Å². The Kier molecular flexibility index (Phi) is 6.50. The zero-order chi connectivity index (χ0) is 20.2. The molecule has 2 rings (SSSR count). The Bertz CT molecular complexity index is 665. The third-order valence-electron chi connectivity index (χ3n) is 4.12. The van der Waals surface area contributed by atoms with Crippen molar-refractivity contribution in [1.82, 2.24) is 16.2 Å². The molecule has 0 saturated carbocycles. The van der Waals surface area contributed by atoms with Crippen LogP contribution in [0.4, 0.5) is 19.0 Å². The van der Waals surface area contributed by atoms with Crippen LogP contribution in [0.5, 0.6) is 0 Å². The number of alkyl halides is 3. The van der Waals surface area contributed by atoms with Crippen molar-refractivity contribution >= 4 is 29.1 Å². The molecule has 0 atom stereocenters. The van der Waals surface area contributed by atoms with Crippen LogP contribution in [0.2, 0.25) is 0 Å². The topological polar surface area (TPSA) is 70.5 Å². The van der Waals surface area contributed by atoms with Crippen molar-refractivity contribution in [3.63, 3.8) is 0 Å². The normalized spacial score (nSPS) is 16.0. The molecule has 150 valence electrons. The molecule has 0 bridgehead atoms. The van der Waals surface area contributed by atoms with Gasteiger partial charge < -0.3 is 5.32 Å². The number of pyridine rings is 1. The molecule has 6 nitrogen and oxygen atoms in total. The van der Waals surface area contributed by atoms with Gasteiger partial charge >= 0.3 is 6.18 Å². The molecule has 1 saturated heterocycles. The number of carbonyl (C=O) groups excluding carboxylic acids is 1. The first kappa shape index (κ1) is 21.2. The van der Waals surface area contributed by atoms with E-state index in [2.05, 4.69) is 21.2 Å². The molecular weight excluding hydrogens is 379 g/mol. The van der Waals surface area contributed by atoms with Crippen LogP contribution in [0.15, 0.2) is 18.3 Å². The molecule has 1 aliphatic rings. The number of amides is 1. The van der Waals surface area contributed by atoms with E-state index < -0.39 is 11.7 Å². The van der Waals surface area contributed by atoms with E-state index in [-0.39, 0.29) is 17.4 Å². The highest BCUT2D eigenvalue weighted by atomic mass is 32.1. The van der Waals surface area contributed by atoms with Gasteiger partial charge in [0.2, 0.25) is 5.91 Å². The SMILES string of the molecule is CC(C)(C)NC(=S)NNC(=O)C1CCN(c2ccc(C(F)(F)F)c[nH+]2)CC1. The van der Waals surface area contributed by atoms with Crippen LogP contribution in [0.1, 0.15) is 39.2 Å². The van der Waals surface area contributed by atoms with E-state index >= 15 is 0 Å². The Balaban J connectivity index is 1.81. The number of hydrogen-bond acceptors (Lipinski definition) is 3. The minimum absolute atomic E-state index is 0.149. The second-order valence-corrected chi connectivity index (χ2v) is 7.95. The molecule has 1 aliphatic heterocycles. The van der Waals surface area contributed by atoms with Gasteiger partial charge in [-0.05, 0) is 51.9 Å². The lowest BCUT2D eigenvalue weighted by molar-refractivity contribution is -0.367. The first-order chi connectivity index (χ1) is 12.5. The van der Waals surface area contributed by atoms with Crippen LogP contribution in [-0.4, -0.2) is 29.6 Å². The number of carbonyl (C=O) groups is 1. The highest BCUT2D eigenvalue weighted by molar-refractivity contribution is 7.80. The molecule has 1 aromatic heterocycles. The first-order valence-corrected chi connectivity index (χ1v) is 9.08. The Labute approximate surface area is 161 Å². The fraction of sp³-hybridized carbons (Fsp3) is 0.588. The smallest absolute Gasteiger partial charge is 0.357 e. The number of piperidine rings is 1. The van der Waals surface area contributed by atoms with Gasteiger partial charge in [-0.25, -0.2) is 4.98 Å². The van der Waals surface area contributed by atoms with Crippen molar-refractivity contribution < 1.29 is 22.9 Å². The lowest BCUT2D eigenvalue weighted by Crippen LogP contribution is -2.54. The molecular formula is C17H25F3N5OS+. The summed E-state index contributed by atoms with van der Waals surface area (Å²) in [5, 5.41) is 3.37. The van der Waals surface area contributed by atoms with E-state index in [1.54, 1.807) is 0 Å². The van der Waals surface area contributed by atoms with Crippen LogP contribution < -0.4 is 26.1 Å². The van der Waals surface area contributed by atoms with Crippen LogP contribution in [-0.2, 0) is 11.0 Å². The zero-order valence-corrected chi connectivity index (χ0v) is 16.4. The summed E-state index contributed by atoms with van der Waals surface area (Å²) in [5.74, 6) is 0.278. The molecule has 1 aromatic rings. The maximum Gasteiger partial charge on any atom is 0.419 e. The van der Waals surface area contributed by atoms with Crippen LogP contribution in [0, 0.1) is 5.92 Å². The van der Waals surface area contributed by atoms with Crippen molar-refractivity contribution in [3.8, 4) is 0 Å². The number of rotatable bonds is 2. The summed E-state index contributed by atoms with van der Waals surface area (Å²) < 4.78 is 37.9. The van der Waals surface area contributed by atoms with E-state index in [4.69, 9.17) is 12.2 Å². The number of H-pyrrole nitrogens is 1. The molecule has 4 N–H and O–H groups in total. The lowest BCUT2D eigenvalue weighted by Gasteiger charge is -2.28. The summed E-state index contributed by atoms with van der Waals surface area (Å²) in [6, 6.07) is 2.47. The average molecular weight is 404 g/mol. The van der Waals surface area contributed by atoms with Gasteiger partial charge in [0.05, 0.1) is 18.7 Å². The number of anilines is 1. The molecule has 2 heterocycles. The number of hydrogen-bond donors (Lipinski definition) is 3. The summed E-state index contributed by atoms with van der Waals surface area (Å²) in [4.78, 5) is 16.9. The maximum absolute atomic E-state index is 12.6. The van der Waals surface area contributed by atoms with Gasteiger partial charge in [-0.1, -0.05) is 0 Å². The largest absolute Gasteiger partial charge is 0.419 e. The van der Waals surface area contributed by atoms with Crippen LogP contribution in [0.3, 0.4) is 0 Å². The molecule has 0 aromatic carbocycles. The van der Waals surface area contributed by atoms with E-state index in [9.17, 15) is 18.0 Å². The Morgan fingerprint density at radius 3 is 2.30 bits per heavy atom. The summed E-state index contributed by atoms with van der Waals surface area (Å²) in [7, 11) is 0. The van der Waals surface area contributed by atoms with Gasteiger partial charge in [-0.3, -0.25) is 20.5 Å². The average Bonchev–Trinajstić information content (AvgIpc) is 2.58. The molecule has 10 heteroatoms. The zero-order valence-electron chi connectivity index (χ0n) is 15.5. The number of halogens is 3. The third kappa shape index (κ3) is 6.53. The number of aromatic amines is 1. The van der Waals surface area contributed by atoms with Crippen molar-refractivity contribution in [2.45, 2.75) is 45.3 Å². The fourth-order valence-corrected chi connectivity index (χ4v) is 3.12. The Morgan fingerprint density at radius 1 is 1.19 bits per heavy atom. The van der Waals surface area contributed by atoms with Gasteiger partial charge in [0, 0.05) is 17.5 Å². The van der Waals surface area contributed by atoms with Gasteiger partial charge in [-0.2, -0.15) is 13.2 Å². The van der Waals surface area contributed by atoms with Crippen LogP contribution in [0.25, 0.3) is 0 Å². The molecule has 0 unspecified atom stereocenters. The van der Waals surface area contributed by atoms with E-state index in [1.807, 2.05) is 25.7 Å². The fourth-order valence-electron chi connectivity index (χ4n) is 2.76. The quantitative estimate of drug-likeness (QED) is 0.520. The summed E-state index contributed by atoms with van der Waals surface area (Å²) in [5.41, 5.74) is 4.38. The van der Waals surface area contributed by atoms with E-state index in [1.165, 1.54) is 6.07 Å². The molecule has 1 fully saturated rings. The minimum Gasteiger partial charge on any atom is -0.357 e. The summed E-state index contributed by atoms with van der Waals surface area (Å²) in [6.45, 7) is 7.01. The summed E-state index contributed by atoms with van der Waals surface area (Å²) in [6.07, 6.45) is -2.21. The number of aromatic nitrogens is 1. The lowest BCUT2D eigenvalue weighted by atomic mass is 9.96. The second-order valence-electron chi connectivity index (χ2n) is 7.54. The van der Waals surface area contributed by atoms with Crippen molar-refractivity contribution in [1.29, 1.82) is 0 Å². The standard InChI is InChI=1S/C17H24F3N5OS/c1-16(2,3)22-15(27)24-23-14(26)11-6-8-25(9-7-11)13-5-4-12(10-21-13)17(18,19)20/h4-5,10-11H,6-9H2,1-3H3,(H,23,26)(H2,22,24,27)/p+1. The molecule has 1 amide bonds. The highest BCUT2D eigenvalue weighted by Gasteiger charge is 2.33. The van der Waals surface area contributed by atoms with Gasteiger partial charge in [-0.15, -0.1) is 0 Å². The third-order valence-corrected chi connectivity index (χ3v) is 4.32. The maximum atomic E-state index is 12.6. The predicted molar refractivity (Wildman–Crippen MR) is 99.7 cm³/mol. The Morgan fingerprint density at radius 2 is 1.81 bits per heavy atom. The number of thiocarbonyl (C=S) groups is 1. The first-order valence-electron chi connectivity index (χ1n) is 8.67. The molecule has 0 aliphatic carbocycles. The highest BCUT2D eigenvalue weighted by Crippen LogP contribution is 2.29. The monoisotopic (exact) mass is 404 g/mol. The number of nitrogens with one attached hydrogen (secondary N) is 4. The minimum atomic E-state index is -4.37. The molecule has 27 heavy (non-hydrogen) atoms. The Hall–Kier alpha value is -2.10. The van der Waals surface area contributed by atoms with Gasteiger partial charge in [0.1, 0.15) is 6.20 Å². The summed E-state index contributed by atoms with van der Waals surface area (Å²) >= 11 is 5.11. The number of hydrazine groups is 1. The van der Waals surface area contributed by atoms with E-state index in [0.717, 1.165) is 12.3 Å². The van der Waals surface area contributed by atoms with Gasteiger partial charge in [0.25, 0.3) is 5.82 Å². The van der Waals surface area contributed by atoms with Gasteiger partial charge in [0.15, 0.2) is 5.11 Å². The predicted octanol–water partition coefficient (Wildman–Crippen LogP) is 2.03.